The molecule has 1 unspecified atom stereocenters. The van der Waals surface area contributed by atoms with Crippen LogP contribution in [-0.2, 0) is 16.0 Å². The number of anilines is 2. The van der Waals surface area contributed by atoms with Crippen molar-refractivity contribution in [2.24, 2.45) is 5.92 Å². The van der Waals surface area contributed by atoms with Gasteiger partial charge in [-0.25, -0.2) is 0 Å². The van der Waals surface area contributed by atoms with Crippen LogP contribution < -0.4 is 19.7 Å². The predicted molar refractivity (Wildman–Crippen MR) is 117 cm³/mol. The summed E-state index contributed by atoms with van der Waals surface area (Å²) in [5, 5.41) is 2.94. The highest BCUT2D eigenvalue weighted by Crippen LogP contribution is 2.34. The Morgan fingerprint density at radius 3 is 2.43 bits per heavy atom. The van der Waals surface area contributed by atoms with E-state index in [2.05, 4.69) is 10.2 Å². The zero-order chi connectivity index (χ0) is 21.7. The number of hydrogen-bond acceptors (Lipinski definition) is 5. The summed E-state index contributed by atoms with van der Waals surface area (Å²) >= 11 is 0. The van der Waals surface area contributed by atoms with E-state index in [0.717, 1.165) is 18.7 Å². The van der Waals surface area contributed by atoms with Crippen LogP contribution in [-0.4, -0.2) is 58.1 Å². The Hall–Kier alpha value is -3.06. The predicted octanol–water partition coefficient (Wildman–Crippen LogP) is 2.80. The normalized spacial score (nSPS) is 16.1. The molecule has 1 heterocycles. The Kier molecular flexibility index (Phi) is 6.95. The van der Waals surface area contributed by atoms with Gasteiger partial charge in [0.1, 0.15) is 0 Å². The Morgan fingerprint density at radius 1 is 1.10 bits per heavy atom. The summed E-state index contributed by atoms with van der Waals surface area (Å²) in [6.45, 7) is 1.31. The summed E-state index contributed by atoms with van der Waals surface area (Å²) < 4.78 is 10.6. The van der Waals surface area contributed by atoms with Gasteiger partial charge in [-0.05, 0) is 50.3 Å². The quantitative estimate of drug-likeness (QED) is 0.723. The van der Waals surface area contributed by atoms with E-state index < -0.39 is 5.92 Å². The SMILES string of the molecule is COc1ccc(N2CC(C(=O)Nc3ccc(CCN(C)C)cc3)CC2=O)cc1OC. The van der Waals surface area contributed by atoms with Crippen molar-refractivity contribution in [1.29, 1.82) is 0 Å². The third-order valence-electron chi connectivity index (χ3n) is 5.24. The van der Waals surface area contributed by atoms with Crippen LogP contribution in [0.2, 0.25) is 0 Å². The molecule has 0 radical (unpaired) electrons. The van der Waals surface area contributed by atoms with Gasteiger partial charge in [-0.3, -0.25) is 9.59 Å². The van der Waals surface area contributed by atoms with Crippen LogP contribution in [0.15, 0.2) is 42.5 Å². The third-order valence-corrected chi connectivity index (χ3v) is 5.24. The summed E-state index contributed by atoms with van der Waals surface area (Å²) in [6, 6.07) is 13.2. The fourth-order valence-electron chi connectivity index (χ4n) is 3.48. The van der Waals surface area contributed by atoms with E-state index in [4.69, 9.17) is 9.47 Å². The molecule has 3 rings (SSSR count). The molecule has 0 bridgehead atoms. The highest BCUT2D eigenvalue weighted by molar-refractivity contribution is 6.03. The van der Waals surface area contributed by atoms with E-state index in [0.29, 0.717) is 23.7 Å². The first-order valence-corrected chi connectivity index (χ1v) is 9.98. The Morgan fingerprint density at radius 2 is 1.80 bits per heavy atom. The van der Waals surface area contributed by atoms with Gasteiger partial charge >= 0.3 is 0 Å². The number of ether oxygens (including phenoxy) is 2. The van der Waals surface area contributed by atoms with Gasteiger partial charge in [0.2, 0.25) is 11.8 Å². The van der Waals surface area contributed by atoms with Crippen molar-refractivity contribution >= 4 is 23.2 Å². The van der Waals surface area contributed by atoms with Gasteiger partial charge in [0.25, 0.3) is 0 Å². The summed E-state index contributed by atoms with van der Waals surface area (Å²) in [5.41, 5.74) is 2.65. The summed E-state index contributed by atoms with van der Waals surface area (Å²) in [4.78, 5) is 29.0. The molecule has 1 atom stereocenters. The number of methoxy groups -OCH3 is 2. The van der Waals surface area contributed by atoms with Gasteiger partial charge in [0, 0.05) is 37.0 Å². The molecule has 0 aromatic heterocycles. The fourth-order valence-corrected chi connectivity index (χ4v) is 3.48. The highest BCUT2D eigenvalue weighted by Gasteiger charge is 2.35. The fraction of sp³-hybridized carbons (Fsp3) is 0.391. The highest BCUT2D eigenvalue weighted by atomic mass is 16.5. The number of amides is 2. The van der Waals surface area contributed by atoms with Crippen LogP contribution in [0.5, 0.6) is 11.5 Å². The zero-order valence-corrected chi connectivity index (χ0v) is 18.0. The van der Waals surface area contributed by atoms with Gasteiger partial charge in [-0.15, -0.1) is 0 Å². The lowest BCUT2D eigenvalue weighted by molar-refractivity contribution is -0.122. The molecule has 0 saturated carbocycles. The molecule has 30 heavy (non-hydrogen) atoms. The van der Waals surface area contributed by atoms with Crippen molar-refractivity contribution in [3.05, 3.63) is 48.0 Å². The van der Waals surface area contributed by atoms with Crippen molar-refractivity contribution in [2.75, 3.05) is 51.6 Å². The molecular formula is C23H29N3O4. The van der Waals surface area contributed by atoms with Crippen molar-refractivity contribution in [1.82, 2.24) is 4.90 Å². The van der Waals surface area contributed by atoms with Crippen LogP contribution in [0, 0.1) is 5.92 Å². The molecule has 1 aliphatic heterocycles. The minimum atomic E-state index is -0.404. The number of carbonyl (C=O) groups is 2. The monoisotopic (exact) mass is 411 g/mol. The van der Waals surface area contributed by atoms with Gasteiger partial charge in [0.05, 0.1) is 20.1 Å². The summed E-state index contributed by atoms with van der Waals surface area (Å²) in [7, 11) is 7.20. The smallest absolute Gasteiger partial charge is 0.229 e. The molecular weight excluding hydrogens is 382 g/mol. The van der Waals surface area contributed by atoms with Crippen molar-refractivity contribution < 1.29 is 19.1 Å². The number of nitrogens with zero attached hydrogens (tertiary/aromatic N) is 2. The molecule has 1 saturated heterocycles. The molecule has 2 amide bonds. The molecule has 7 nitrogen and oxygen atoms in total. The first-order chi connectivity index (χ1) is 14.4. The minimum Gasteiger partial charge on any atom is -0.493 e. The lowest BCUT2D eigenvalue weighted by Crippen LogP contribution is -2.28. The maximum atomic E-state index is 12.7. The number of hydrogen-bond donors (Lipinski definition) is 1. The number of nitrogens with one attached hydrogen (secondary N) is 1. The van der Waals surface area contributed by atoms with Gasteiger partial charge in [-0.2, -0.15) is 0 Å². The molecule has 2 aromatic carbocycles. The molecule has 0 spiro atoms. The Labute approximate surface area is 177 Å². The third kappa shape index (κ3) is 5.10. The average Bonchev–Trinajstić information content (AvgIpc) is 3.14. The maximum Gasteiger partial charge on any atom is 0.229 e. The molecule has 7 heteroatoms. The zero-order valence-electron chi connectivity index (χ0n) is 18.0. The van der Waals surface area contributed by atoms with Crippen LogP contribution in [0.1, 0.15) is 12.0 Å². The molecule has 1 N–H and O–H groups in total. The topological polar surface area (TPSA) is 71.1 Å². The van der Waals surface area contributed by atoms with Gasteiger partial charge < -0.3 is 24.6 Å². The first-order valence-electron chi connectivity index (χ1n) is 9.98. The second-order valence-electron chi connectivity index (χ2n) is 7.68. The van der Waals surface area contributed by atoms with Crippen LogP contribution >= 0.6 is 0 Å². The van der Waals surface area contributed by atoms with Crippen LogP contribution in [0.4, 0.5) is 11.4 Å². The molecule has 160 valence electrons. The number of benzene rings is 2. The minimum absolute atomic E-state index is 0.0820. The Bertz CT molecular complexity index is 896. The van der Waals surface area contributed by atoms with Crippen LogP contribution in [0.25, 0.3) is 0 Å². The summed E-state index contributed by atoms with van der Waals surface area (Å²) in [5.74, 6) is 0.508. The van der Waals surface area contributed by atoms with Gasteiger partial charge in [0.15, 0.2) is 11.5 Å². The van der Waals surface area contributed by atoms with Crippen molar-refractivity contribution in [2.45, 2.75) is 12.8 Å². The number of rotatable bonds is 8. The van der Waals surface area contributed by atoms with Crippen LogP contribution in [0.3, 0.4) is 0 Å². The maximum absolute atomic E-state index is 12.7. The number of likely N-dealkylation sites (N-methyl/N-ethyl adjacent to an activating group) is 1. The van der Waals surface area contributed by atoms with Crippen molar-refractivity contribution in [3.8, 4) is 11.5 Å². The van der Waals surface area contributed by atoms with E-state index in [1.807, 2.05) is 38.4 Å². The van der Waals surface area contributed by atoms with E-state index in [9.17, 15) is 9.59 Å². The standard InChI is InChI=1S/C23H29N3O4/c1-25(2)12-11-16-5-7-18(8-6-16)24-23(28)17-13-22(27)26(15-17)19-9-10-20(29-3)21(14-19)30-4/h5-10,14,17H,11-13,15H2,1-4H3,(H,24,28). The van der Waals surface area contributed by atoms with E-state index >= 15 is 0 Å². The molecule has 1 fully saturated rings. The first kappa shape index (κ1) is 21.6. The number of carbonyl (C=O) groups excluding carboxylic acids is 2. The molecule has 1 aliphatic rings. The summed E-state index contributed by atoms with van der Waals surface area (Å²) in [6.07, 6.45) is 1.14. The lowest BCUT2D eigenvalue weighted by Gasteiger charge is -2.18. The second kappa shape index (κ2) is 9.63. The van der Waals surface area contributed by atoms with E-state index in [1.165, 1.54) is 5.56 Å². The van der Waals surface area contributed by atoms with E-state index in [1.54, 1.807) is 37.3 Å². The van der Waals surface area contributed by atoms with Gasteiger partial charge in [-0.1, -0.05) is 12.1 Å². The van der Waals surface area contributed by atoms with E-state index in [-0.39, 0.29) is 18.2 Å². The molecule has 2 aromatic rings. The Balaban J connectivity index is 1.62. The van der Waals surface area contributed by atoms with Crippen molar-refractivity contribution in [3.63, 3.8) is 0 Å². The average molecular weight is 412 g/mol. The largest absolute Gasteiger partial charge is 0.493 e. The lowest BCUT2D eigenvalue weighted by atomic mass is 10.1. The molecule has 0 aliphatic carbocycles. The second-order valence-corrected chi connectivity index (χ2v) is 7.68.